The van der Waals surface area contributed by atoms with Crippen molar-refractivity contribution in [2.24, 2.45) is 23.1 Å². The fourth-order valence-electron chi connectivity index (χ4n) is 2.97. The SMILES string of the molecule is CCC(NN)C1CCC(C(C)(C)C)CC1. The molecule has 0 radical (unpaired) electrons. The lowest BCUT2D eigenvalue weighted by Gasteiger charge is -2.39. The second kappa shape index (κ2) is 5.31. The number of nitrogens with one attached hydrogen (secondary N) is 1. The van der Waals surface area contributed by atoms with Gasteiger partial charge in [0.05, 0.1) is 0 Å². The fraction of sp³-hybridized carbons (Fsp3) is 1.00. The summed E-state index contributed by atoms with van der Waals surface area (Å²) in [6, 6.07) is 0.533. The van der Waals surface area contributed by atoms with E-state index < -0.39 is 0 Å². The Morgan fingerprint density at radius 1 is 1.20 bits per heavy atom. The highest BCUT2D eigenvalue weighted by Gasteiger charge is 2.31. The largest absolute Gasteiger partial charge is 0.271 e. The van der Waals surface area contributed by atoms with Crippen molar-refractivity contribution in [1.82, 2.24) is 5.43 Å². The van der Waals surface area contributed by atoms with Crippen LogP contribution in [0.15, 0.2) is 0 Å². The van der Waals surface area contributed by atoms with E-state index in [0.29, 0.717) is 11.5 Å². The molecule has 1 aliphatic rings. The van der Waals surface area contributed by atoms with Crippen LogP contribution in [0.5, 0.6) is 0 Å². The zero-order valence-corrected chi connectivity index (χ0v) is 10.8. The van der Waals surface area contributed by atoms with Gasteiger partial charge in [-0.25, -0.2) is 0 Å². The maximum absolute atomic E-state index is 5.58. The van der Waals surface area contributed by atoms with Gasteiger partial charge in [0, 0.05) is 6.04 Å². The highest BCUT2D eigenvalue weighted by Crippen LogP contribution is 2.40. The summed E-state index contributed by atoms with van der Waals surface area (Å²) in [6.45, 7) is 9.34. The molecule has 0 saturated heterocycles. The summed E-state index contributed by atoms with van der Waals surface area (Å²) < 4.78 is 0. The molecule has 1 unspecified atom stereocenters. The van der Waals surface area contributed by atoms with Gasteiger partial charge in [0.1, 0.15) is 0 Å². The second-order valence-electron chi connectivity index (χ2n) is 6.16. The zero-order chi connectivity index (χ0) is 11.5. The van der Waals surface area contributed by atoms with Gasteiger partial charge in [-0.2, -0.15) is 0 Å². The van der Waals surface area contributed by atoms with E-state index in [1.807, 2.05) is 0 Å². The quantitative estimate of drug-likeness (QED) is 0.557. The standard InChI is InChI=1S/C13H28N2/c1-5-12(15-14)10-6-8-11(9-7-10)13(2,3)4/h10-12,15H,5-9,14H2,1-4H3. The van der Waals surface area contributed by atoms with Crippen LogP contribution in [0.1, 0.15) is 59.8 Å². The Bertz CT molecular complexity index is 171. The Morgan fingerprint density at radius 3 is 2.07 bits per heavy atom. The second-order valence-corrected chi connectivity index (χ2v) is 6.16. The molecule has 1 aliphatic carbocycles. The number of rotatable bonds is 3. The van der Waals surface area contributed by atoms with Crippen LogP contribution >= 0.6 is 0 Å². The first-order valence-corrected chi connectivity index (χ1v) is 6.45. The van der Waals surface area contributed by atoms with Gasteiger partial charge in [0.15, 0.2) is 0 Å². The van der Waals surface area contributed by atoms with Crippen molar-refractivity contribution in [2.75, 3.05) is 0 Å². The van der Waals surface area contributed by atoms with E-state index in [2.05, 4.69) is 33.1 Å². The Hall–Kier alpha value is -0.0800. The molecule has 0 aromatic carbocycles. The van der Waals surface area contributed by atoms with Crippen molar-refractivity contribution < 1.29 is 0 Å². The lowest BCUT2D eigenvalue weighted by atomic mass is 9.68. The molecule has 0 aromatic rings. The Kier molecular flexibility index (Phi) is 4.60. The van der Waals surface area contributed by atoms with Gasteiger partial charge in [-0.05, 0) is 49.4 Å². The third-order valence-corrected chi connectivity index (χ3v) is 4.22. The average molecular weight is 212 g/mol. The molecule has 0 spiro atoms. The smallest absolute Gasteiger partial charge is 0.0236 e. The Morgan fingerprint density at radius 2 is 1.73 bits per heavy atom. The summed E-state index contributed by atoms with van der Waals surface area (Å²) in [6.07, 6.45) is 6.62. The van der Waals surface area contributed by atoms with E-state index in [9.17, 15) is 0 Å². The molecular weight excluding hydrogens is 184 g/mol. The molecule has 2 nitrogen and oxygen atoms in total. The molecule has 0 bridgehead atoms. The van der Waals surface area contributed by atoms with Gasteiger partial charge < -0.3 is 0 Å². The van der Waals surface area contributed by atoms with E-state index in [1.165, 1.54) is 25.7 Å². The van der Waals surface area contributed by atoms with Crippen molar-refractivity contribution in [3.63, 3.8) is 0 Å². The third kappa shape index (κ3) is 3.46. The van der Waals surface area contributed by atoms with Gasteiger partial charge in [0.2, 0.25) is 0 Å². The molecule has 0 aromatic heterocycles. The van der Waals surface area contributed by atoms with Crippen molar-refractivity contribution in [2.45, 2.75) is 65.8 Å². The van der Waals surface area contributed by atoms with Crippen molar-refractivity contribution >= 4 is 0 Å². The molecular formula is C13H28N2. The van der Waals surface area contributed by atoms with Crippen LogP contribution in [-0.4, -0.2) is 6.04 Å². The van der Waals surface area contributed by atoms with E-state index in [4.69, 9.17) is 5.84 Å². The molecule has 0 heterocycles. The van der Waals surface area contributed by atoms with Crippen LogP contribution in [-0.2, 0) is 0 Å². The Labute approximate surface area is 95.0 Å². The number of nitrogens with two attached hydrogens (primary N) is 1. The minimum Gasteiger partial charge on any atom is -0.271 e. The Balaban J connectivity index is 2.42. The maximum atomic E-state index is 5.58. The number of hydrazine groups is 1. The van der Waals surface area contributed by atoms with Crippen molar-refractivity contribution in [3.8, 4) is 0 Å². The summed E-state index contributed by atoms with van der Waals surface area (Å²) in [5.74, 6) is 7.30. The van der Waals surface area contributed by atoms with Gasteiger partial charge in [-0.1, -0.05) is 27.7 Å². The summed E-state index contributed by atoms with van der Waals surface area (Å²) in [5, 5.41) is 0. The summed E-state index contributed by atoms with van der Waals surface area (Å²) in [5.41, 5.74) is 3.46. The fourth-order valence-corrected chi connectivity index (χ4v) is 2.97. The predicted molar refractivity (Wildman–Crippen MR) is 66.3 cm³/mol. The van der Waals surface area contributed by atoms with Gasteiger partial charge >= 0.3 is 0 Å². The van der Waals surface area contributed by atoms with Gasteiger partial charge in [-0.3, -0.25) is 11.3 Å². The monoisotopic (exact) mass is 212 g/mol. The molecule has 15 heavy (non-hydrogen) atoms. The molecule has 1 fully saturated rings. The van der Waals surface area contributed by atoms with E-state index >= 15 is 0 Å². The molecule has 1 rings (SSSR count). The normalized spacial score (nSPS) is 30.2. The molecule has 0 aliphatic heterocycles. The minimum absolute atomic E-state index is 0.489. The predicted octanol–water partition coefficient (Wildman–Crippen LogP) is 3.08. The summed E-state index contributed by atoms with van der Waals surface area (Å²) in [7, 11) is 0. The summed E-state index contributed by atoms with van der Waals surface area (Å²) in [4.78, 5) is 0. The van der Waals surface area contributed by atoms with E-state index in [1.54, 1.807) is 0 Å². The first-order chi connectivity index (χ1) is 6.99. The van der Waals surface area contributed by atoms with Crippen LogP contribution in [0, 0.1) is 17.3 Å². The molecule has 1 saturated carbocycles. The first-order valence-electron chi connectivity index (χ1n) is 6.45. The molecule has 2 heteroatoms. The van der Waals surface area contributed by atoms with Gasteiger partial charge in [0.25, 0.3) is 0 Å². The van der Waals surface area contributed by atoms with Crippen LogP contribution in [0.25, 0.3) is 0 Å². The van der Waals surface area contributed by atoms with E-state index in [0.717, 1.165) is 18.3 Å². The van der Waals surface area contributed by atoms with Crippen LogP contribution < -0.4 is 11.3 Å². The number of hydrogen-bond acceptors (Lipinski definition) is 2. The summed E-state index contributed by atoms with van der Waals surface area (Å²) >= 11 is 0. The molecule has 0 amide bonds. The van der Waals surface area contributed by atoms with Crippen molar-refractivity contribution in [3.05, 3.63) is 0 Å². The van der Waals surface area contributed by atoms with Crippen molar-refractivity contribution in [1.29, 1.82) is 0 Å². The van der Waals surface area contributed by atoms with Crippen LogP contribution in [0.3, 0.4) is 0 Å². The lowest BCUT2D eigenvalue weighted by Crippen LogP contribution is -2.42. The third-order valence-electron chi connectivity index (χ3n) is 4.22. The molecule has 3 N–H and O–H groups in total. The molecule has 90 valence electrons. The molecule has 1 atom stereocenters. The minimum atomic E-state index is 0.489. The first kappa shape index (κ1) is 13.0. The highest BCUT2D eigenvalue weighted by molar-refractivity contribution is 4.84. The highest BCUT2D eigenvalue weighted by atomic mass is 15.2. The van der Waals surface area contributed by atoms with E-state index in [-0.39, 0.29) is 0 Å². The maximum Gasteiger partial charge on any atom is 0.0236 e. The lowest BCUT2D eigenvalue weighted by molar-refractivity contribution is 0.131. The van der Waals surface area contributed by atoms with Gasteiger partial charge in [-0.15, -0.1) is 0 Å². The zero-order valence-electron chi connectivity index (χ0n) is 10.8. The van der Waals surface area contributed by atoms with Crippen LogP contribution in [0.4, 0.5) is 0 Å². The van der Waals surface area contributed by atoms with Crippen LogP contribution in [0.2, 0.25) is 0 Å². The number of hydrogen-bond donors (Lipinski definition) is 2. The topological polar surface area (TPSA) is 38.0 Å². The average Bonchev–Trinajstić information content (AvgIpc) is 2.19.